The van der Waals surface area contributed by atoms with Gasteiger partial charge in [0, 0.05) is 19.6 Å². The first-order valence-corrected chi connectivity index (χ1v) is 5.73. The van der Waals surface area contributed by atoms with Crippen LogP contribution in [0.25, 0.3) is 0 Å². The third-order valence-electron chi connectivity index (χ3n) is 2.39. The molecule has 1 heteroatoms. The van der Waals surface area contributed by atoms with E-state index in [4.69, 9.17) is 0 Å². The zero-order valence-electron chi connectivity index (χ0n) is 10.3. The molecule has 86 valence electrons. The van der Waals surface area contributed by atoms with Gasteiger partial charge in [-0.1, -0.05) is 48.1 Å². The molecule has 0 saturated carbocycles. The fourth-order valence-corrected chi connectivity index (χ4v) is 1.54. The van der Waals surface area contributed by atoms with Crippen LogP contribution in [-0.4, -0.2) is 18.0 Å². The van der Waals surface area contributed by atoms with Gasteiger partial charge in [-0.15, -0.1) is 6.58 Å². The monoisotopic (exact) mass is 215 g/mol. The minimum Gasteiger partial charge on any atom is -0.292 e. The number of rotatable bonds is 6. The van der Waals surface area contributed by atoms with Crippen LogP contribution in [-0.2, 0) is 6.54 Å². The summed E-state index contributed by atoms with van der Waals surface area (Å²) in [6.45, 7) is 11.0. The SMILES string of the molecule is C=CCN(CC=C(C)C)Cc1ccccc1. The van der Waals surface area contributed by atoms with Gasteiger partial charge in [0.05, 0.1) is 0 Å². The van der Waals surface area contributed by atoms with Gasteiger partial charge >= 0.3 is 0 Å². The molecule has 0 aromatic heterocycles. The zero-order valence-corrected chi connectivity index (χ0v) is 10.3. The quantitative estimate of drug-likeness (QED) is 0.655. The first kappa shape index (κ1) is 12.7. The van der Waals surface area contributed by atoms with E-state index in [9.17, 15) is 0 Å². The van der Waals surface area contributed by atoms with Gasteiger partial charge in [0.1, 0.15) is 0 Å². The van der Waals surface area contributed by atoms with E-state index < -0.39 is 0 Å². The van der Waals surface area contributed by atoms with Crippen LogP contribution >= 0.6 is 0 Å². The van der Waals surface area contributed by atoms with Crippen LogP contribution in [0.2, 0.25) is 0 Å². The van der Waals surface area contributed by atoms with E-state index >= 15 is 0 Å². The summed E-state index contributed by atoms with van der Waals surface area (Å²) >= 11 is 0. The molecular formula is C15H21N. The molecule has 0 atom stereocenters. The minimum atomic E-state index is 0.929. The number of hydrogen-bond acceptors (Lipinski definition) is 1. The lowest BCUT2D eigenvalue weighted by molar-refractivity contribution is 0.327. The van der Waals surface area contributed by atoms with Gasteiger partial charge in [-0.3, -0.25) is 4.90 Å². The molecule has 1 aromatic rings. The van der Waals surface area contributed by atoms with Gasteiger partial charge < -0.3 is 0 Å². The standard InChI is InChI=1S/C15H21N/c1-4-11-16(12-10-14(2)3)13-15-8-6-5-7-9-15/h4-10H,1,11-13H2,2-3H3. The number of allylic oxidation sites excluding steroid dienone is 1. The minimum absolute atomic E-state index is 0.929. The van der Waals surface area contributed by atoms with Crippen molar-refractivity contribution in [3.8, 4) is 0 Å². The summed E-state index contributed by atoms with van der Waals surface area (Å²) in [5, 5.41) is 0. The summed E-state index contributed by atoms with van der Waals surface area (Å²) in [5.74, 6) is 0. The van der Waals surface area contributed by atoms with Crippen molar-refractivity contribution < 1.29 is 0 Å². The van der Waals surface area contributed by atoms with Crippen LogP contribution in [0.15, 0.2) is 54.6 Å². The molecule has 0 aliphatic rings. The fraction of sp³-hybridized carbons (Fsp3) is 0.333. The summed E-state index contributed by atoms with van der Waals surface area (Å²) in [5.41, 5.74) is 2.72. The van der Waals surface area contributed by atoms with Crippen LogP contribution in [0.4, 0.5) is 0 Å². The Kier molecular flexibility index (Phi) is 5.58. The third kappa shape index (κ3) is 4.94. The van der Waals surface area contributed by atoms with Crippen molar-refractivity contribution in [1.82, 2.24) is 4.90 Å². The summed E-state index contributed by atoms with van der Waals surface area (Å²) in [6.07, 6.45) is 4.22. The van der Waals surface area contributed by atoms with Crippen molar-refractivity contribution in [3.05, 3.63) is 60.2 Å². The molecule has 0 heterocycles. The molecule has 0 bridgehead atoms. The van der Waals surface area contributed by atoms with Crippen LogP contribution in [0.5, 0.6) is 0 Å². The molecule has 0 unspecified atom stereocenters. The molecule has 16 heavy (non-hydrogen) atoms. The van der Waals surface area contributed by atoms with Crippen LogP contribution in [0.3, 0.4) is 0 Å². The van der Waals surface area contributed by atoms with Gasteiger partial charge in [-0.2, -0.15) is 0 Å². The fourth-order valence-electron chi connectivity index (χ4n) is 1.54. The maximum atomic E-state index is 3.81. The number of hydrogen-bond donors (Lipinski definition) is 0. The first-order valence-electron chi connectivity index (χ1n) is 5.73. The maximum absolute atomic E-state index is 3.81. The number of nitrogens with zero attached hydrogens (tertiary/aromatic N) is 1. The van der Waals surface area contributed by atoms with Crippen molar-refractivity contribution in [2.45, 2.75) is 20.4 Å². The molecule has 0 amide bonds. The molecule has 0 saturated heterocycles. The molecule has 0 radical (unpaired) electrons. The molecule has 1 rings (SSSR count). The van der Waals surface area contributed by atoms with Crippen molar-refractivity contribution in [1.29, 1.82) is 0 Å². The summed E-state index contributed by atoms with van der Waals surface area (Å²) in [7, 11) is 0. The van der Waals surface area contributed by atoms with E-state index in [0.717, 1.165) is 19.6 Å². The summed E-state index contributed by atoms with van der Waals surface area (Å²) in [4.78, 5) is 2.37. The van der Waals surface area contributed by atoms with Crippen LogP contribution in [0.1, 0.15) is 19.4 Å². The highest BCUT2D eigenvalue weighted by Crippen LogP contribution is 2.05. The Bertz CT molecular complexity index is 334. The average molecular weight is 215 g/mol. The summed E-state index contributed by atoms with van der Waals surface area (Å²) in [6, 6.07) is 10.6. The maximum Gasteiger partial charge on any atom is 0.0240 e. The predicted molar refractivity (Wildman–Crippen MR) is 71.3 cm³/mol. The molecular weight excluding hydrogens is 194 g/mol. The average Bonchev–Trinajstić information content (AvgIpc) is 2.27. The lowest BCUT2D eigenvalue weighted by Gasteiger charge is -2.19. The molecule has 0 fully saturated rings. The van der Waals surface area contributed by atoms with E-state index in [1.807, 2.05) is 6.08 Å². The van der Waals surface area contributed by atoms with E-state index in [1.165, 1.54) is 11.1 Å². The van der Waals surface area contributed by atoms with Gasteiger partial charge in [0.25, 0.3) is 0 Å². The van der Waals surface area contributed by atoms with Gasteiger partial charge in [0.2, 0.25) is 0 Å². The third-order valence-corrected chi connectivity index (χ3v) is 2.39. The normalized spacial score (nSPS) is 10.2. The van der Waals surface area contributed by atoms with Crippen LogP contribution < -0.4 is 0 Å². The van der Waals surface area contributed by atoms with Gasteiger partial charge in [-0.05, 0) is 19.4 Å². The summed E-state index contributed by atoms with van der Waals surface area (Å²) < 4.78 is 0. The molecule has 1 aromatic carbocycles. The predicted octanol–water partition coefficient (Wildman–Crippen LogP) is 3.64. The molecule has 0 N–H and O–H groups in total. The van der Waals surface area contributed by atoms with Crippen LogP contribution in [0, 0.1) is 0 Å². The lowest BCUT2D eigenvalue weighted by Crippen LogP contribution is -2.23. The Labute approximate surface area is 99.1 Å². The Hall–Kier alpha value is -1.34. The second kappa shape index (κ2) is 7.02. The Morgan fingerprint density at radius 3 is 2.44 bits per heavy atom. The highest BCUT2D eigenvalue weighted by atomic mass is 15.1. The zero-order chi connectivity index (χ0) is 11.8. The highest BCUT2D eigenvalue weighted by Gasteiger charge is 2.01. The first-order chi connectivity index (χ1) is 7.72. The lowest BCUT2D eigenvalue weighted by atomic mass is 10.2. The Morgan fingerprint density at radius 1 is 1.19 bits per heavy atom. The van der Waals surface area contributed by atoms with Crippen molar-refractivity contribution in [2.24, 2.45) is 0 Å². The largest absolute Gasteiger partial charge is 0.292 e. The molecule has 0 aliphatic carbocycles. The van der Waals surface area contributed by atoms with E-state index in [1.54, 1.807) is 0 Å². The Balaban J connectivity index is 2.57. The molecule has 0 aliphatic heterocycles. The molecule has 1 nitrogen and oxygen atoms in total. The highest BCUT2D eigenvalue weighted by molar-refractivity contribution is 5.14. The van der Waals surface area contributed by atoms with Crippen molar-refractivity contribution in [3.63, 3.8) is 0 Å². The Morgan fingerprint density at radius 2 is 1.88 bits per heavy atom. The smallest absolute Gasteiger partial charge is 0.0240 e. The van der Waals surface area contributed by atoms with E-state index in [2.05, 4.69) is 61.7 Å². The van der Waals surface area contributed by atoms with E-state index in [-0.39, 0.29) is 0 Å². The second-order valence-corrected chi connectivity index (χ2v) is 4.25. The second-order valence-electron chi connectivity index (χ2n) is 4.25. The molecule has 0 spiro atoms. The van der Waals surface area contributed by atoms with Gasteiger partial charge in [0.15, 0.2) is 0 Å². The van der Waals surface area contributed by atoms with Gasteiger partial charge in [-0.25, -0.2) is 0 Å². The van der Waals surface area contributed by atoms with Crippen molar-refractivity contribution >= 4 is 0 Å². The topological polar surface area (TPSA) is 3.24 Å². The number of benzene rings is 1. The van der Waals surface area contributed by atoms with Crippen molar-refractivity contribution in [2.75, 3.05) is 13.1 Å². The van der Waals surface area contributed by atoms with E-state index in [0.29, 0.717) is 0 Å².